The average Bonchev–Trinajstić information content (AvgIpc) is 3.60. The van der Waals surface area contributed by atoms with Gasteiger partial charge in [-0.05, 0) is 18.1 Å². The molecule has 0 spiro atoms. The molecule has 1 fully saturated rings. The Kier molecular flexibility index (Phi) is 23.7. The smallest absolute Gasteiger partial charge is 0.00979 e. The fraction of sp³-hybridized carbons (Fsp3) is 1.00. The Balaban J connectivity index is 1.58. The molecule has 0 aliphatic heterocycles. The van der Waals surface area contributed by atoms with E-state index in [2.05, 4.69) is 12.6 Å². The van der Waals surface area contributed by atoms with Crippen LogP contribution in [0.1, 0.15) is 180 Å². The second kappa shape index (κ2) is 25.0. The minimum Gasteiger partial charge on any atom is -0.179 e. The van der Waals surface area contributed by atoms with Gasteiger partial charge in [-0.15, -0.1) is 0 Å². The average molecular weight is 453 g/mol. The summed E-state index contributed by atoms with van der Waals surface area (Å²) in [5.74, 6) is 2.22. The Morgan fingerprint density at radius 2 is 0.548 bits per heavy atom. The Morgan fingerprint density at radius 3 is 0.774 bits per heavy atom. The summed E-state index contributed by atoms with van der Waals surface area (Å²) in [6, 6.07) is 0. The van der Waals surface area contributed by atoms with E-state index in [-0.39, 0.29) is 0 Å². The third-order valence-electron chi connectivity index (χ3n) is 7.47. The predicted molar refractivity (Wildman–Crippen MR) is 147 cm³/mol. The fourth-order valence-electron chi connectivity index (χ4n) is 5.02. The summed E-state index contributed by atoms with van der Waals surface area (Å²) < 4.78 is 0. The second-order valence-electron chi connectivity index (χ2n) is 10.8. The fourth-order valence-corrected chi connectivity index (χ4v) is 5.24. The lowest BCUT2D eigenvalue weighted by Gasteiger charge is -2.04. The Bertz CT molecular complexity index is 322. The molecule has 1 saturated carbocycles. The number of rotatable bonds is 27. The van der Waals surface area contributed by atoms with E-state index in [9.17, 15) is 0 Å². The lowest BCUT2D eigenvalue weighted by atomic mass is 10.0. The van der Waals surface area contributed by atoms with E-state index in [0.717, 1.165) is 11.7 Å². The number of hydrogen-bond acceptors (Lipinski definition) is 1. The highest BCUT2D eigenvalue weighted by Gasteiger charge is 2.19. The molecule has 0 saturated heterocycles. The van der Waals surface area contributed by atoms with Crippen molar-refractivity contribution in [2.45, 2.75) is 180 Å². The van der Waals surface area contributed by atoms with Crippen molar-refractivity contribution in [3.8, 4) is 0 Å². The van der Waals surface area contributed by atoms with E-state index >= 15 is 0 Å². The first-order valence-corrected chi connectivity index (χ1v) is 15.7. The lowest BCUT2D eigenvalue weighted by molar-refractivity contribution is 0.514. The first kappa shape index (κ1) is 29.4. The van der Waals surface area contributed by atoms with Crippen molar-refractivity contribution in [3.05, 3.63) is 0 Å². The van der Waals surface area contributed by atoms with Crippen molar-refractivity contribution in [2.75, 3.05) is 5.75 Å². The molecule has 1 aliphatic carbocycles. The molecule has 1 aliphatic rings. The predicted octanol–water partition coefficient (Wildman–Crippen LogP) is 11.5. The summed E-state index contributed by atoms with van der Waals surface area (Å²) in [6.45, 7) is 0. The van der Waals surface area contributed by atoms with Crippen LogP contribution in [0.25, 0.3) is 0 Å². The van der Waals surface area contributed by atoms with Gasteiger partial charge in [-0.3, -0.25) is 0 Å². The van der Waals surface area contributed by atoms with Crippen LogP contribution in [0.5, 0.6) is 0 Å². The van der Waals surface area contributed by atoms with Gasteiger partial charge in [0, 0.05) is 0 Å². The van der Waals surface area contributed by atoms with E-state index in [0.29, 0.717) is 0 Å². The SMILES string of the molecule is SCCCCCCCCCCCCCCCCCCCCCCCCCCCC1CC1. The maximum atomic E-state index is 4.28. The van der Waals surface area contributed by atoms with Crippen LogP contribution in [0.3, 0.4) is 0 Å². The van der Waals surface area contributed by atoms with Gasteiger partial charge in [0.15, 0.2) is 0 Å². The molecule has 0 radical (unpaired) electrons. The molecule has 31 heavy (non-hydrogen) atoms. The highest BCUT2D eigenvalue weighted by atomic mass is 32.1. The Morgan fingerprint density at radius 1 is 0.323 bits per heavy atom. The maximum absolute atomic E-state index is 4.28. The molecular weight excluding hydrogens is 392 g/mol. The van der Waals surface area contributed by atoms with Crippen LogP contribution in [-0.4, -0.2) is 5.75 Å². The number of hydrogen-bond donors (Lipinski definition) is 1. The lowest BCUT2D eigenvalue weighted by Crippen LogP contribution is -1.85. The minimum atomic E-state index is 1.07. The highest BCUT2D eigenvalue weighted by Crippen LogP contribution is 2.34. The van der Waals surface area contributed by atoms with Crippen LogP contribution in [0.4, 0.5) is 0 Å². The molecule has 0 heterocycles. The summed E-state index contributed by atoms with van der Waals surface area (Å²) in [4.78, 5) is 0. The van der Waals surface area contributed by atoms with Crippen molar-refractivity contribution in [1.29, 1.82) is 0 Å². The van der Waals surface area contributed by atoms with E-state index in [1.807, 2.05) is 0 Å². The van der Waals surface area contributed by atoms with E-state index in [1.54, 1.807) is 0 Å². The minimum absolute atomic E-state index is 1.07. The van der Waals surface area contributed by atoms with Crippen LogP contribution in [-0.2, 0) is 0 Å². The molecular formula is C30H60S. The summed E-state index contributed by atoms with van der Waals surface area (Å²) >= 11 is 4.28. The molecule has 0 aromatic carbocycles. The molecule has 1 heteroatoms. The van der Waals surface area contributed by atoms with Crippen molar-refractivity contribution in [3.63, 3.8) is 0 Å². The zero-order valence-electron chi connectivity index (χ0n) is 21.5. The van der Waals surface area contributed by atoms with Crippen molar-refractivity contribution in [2.24, 2.45) is 5.92 Å². The first-order chi connectivity index (χ1) is 15.4. The Labute approximate surface area is 203 Å². The quantitative estimate of drug-likeness (QED) is 0.0929. The van der Waals surface area contributed by atoms with Gasteiger partial charge in [-0.1, -0.05) is 173 Å². The standard InChI is InChI=1S/C30H60S/c31-29-25-23-21-19-17-15-13-11-9-7-5-3-1-2-4-6-8-10-12-14-16-18-20-22-24-26-30-27-28-30/h30-31H,1-29H2. The molecule has 0 aromatic heterocycles. The van der Waals surface area contributed by atoms with E-state index < -0.39 is 0 Å². The topological polar surface area (TPSA) is 0 Å². The molecule has 1 rings (SSSR count). The van der Waals surface area contributed by atoms with Crippen molar-refractivity contribution in [1.82, 2.24) is 0 Å². The van der Waals surface area contributed by atoms with Crippen LogP contribution in [0, 0.1) is 5.92 Å². The van der Waals surface area contributed by atoms with Gasteiger partial charge in [0.05, 0.1) is 0 Å². The molecule has 186 valence electrons. The number of thiol groups is 1. The van der Waals surface area contributed by atoms with Gasteiger partial charge in [-0.2, -0.15) is 12.6 Å². The van der Waals surface area contributed by atoms with Gasteiger partial charge >= 0.3 is 0 Å². The summed E-state index contributed by atoms with van der Waals surface area (Å²) in [7, 11) is 0. The van der Waals surface area contributed by atoms with Crippen LogP contribution < -0.4 is 0 Å². The summed E-state index contributed by atoms with van der Waals surface area (Å²) in [6.07, 6.45) is 41.6. The van der Waals surface area contributed by atoms with Crippen molar-refractivity contribution >= 4 is 12.6 Å². The molecule has 0 amide bonds. The molecule has 0 bridgehead atoms. The molecule has 0 nitrogen and oxygen atoms in total. The summed E-state index contributed by atoms with van der Waals surface area (Å²) in [5, 5.41) is 0. The van der Waals surface area contributed by atoms with E-state index in [1.165, 1.54) is 180 Å². The van der Waals surface area contributed by atoms with Crippen LogP contribution in [0.2, 0.25) is 0 Å². The number of unbranched alkanes of at least 4 members (excludes halogenated alkanes) is 24. The van der Waals surface area contributed by atoms with Gasteiger partial charge in [0.2, 0.25) is 0 Å². The van der Waals surface area contributed by atoms with Gasteiger partial charge in [0.1, 0.15) is 0 Å². The normalized spacial score (nSPS) is 13.8. The molecule has 0 atom stereocenters. The van der Waals surface area contributed by atoms with Crippen LogP contribution in [0.15, 0.2) is 0 Å². The Hall–Kier alpha value is 0.350. The first-order valence-electron chi connectivity index (χ1n) is 15.0. The van der Waals surface area contributed by atoms with Gasteiger partial charge in [0.25, 0.3) is 0 Å². The third-order valence-corrected chi connectivity index (χ3v) is 7.78. The van der Waals surface area contributed by atoms with Crippen molar-refractivity contribution < 1.29 is 0 Å². The molecule has 0 aromatic rings. The van der Waals surface area contributed by atoms with Gasteiger partial charge < -0.3 is 0 Å². The zero-order valence-corrected chi connectivity index (χ0v) is 22.4. The third kappa shape index (κ3) is 24.8. The van der Waals surface area contributed by atoms with Gasteiger partial charge in [-0.25, -0.2) is 0 Å². The monoisotopic (exact) mass is 452 g/mol. The van der Waals surface area contributed by atoms with Crippen LogP contribution >= 0.6 is 12.6 Å². The largest absolute Gasteiger partial charge is 0.179 e. The second-order valence-corrected chi connectivity index (χ2v) is 11.2. The zero-order chi connectivity index (χ0) is 22.1. The summed E-state index contributed by atoms with van der Waals surface area (Å²) in [5.41, 5.74) is 0. The maximum Gasteiger partial charge on any atom is -0.00979 e. The van der Waals surface area contributed by atoms with E-state index in [4.69, 9.17) is 0 Å². The molecule has 0 unspecified atom stereocenters. The highest BCUT2D eigenvalue weighted by molar-refractivity contribution is 7.80. The molecule has 0 N–H and O–H groups in total.